The second-order valence-electron chi connectivity index (χ2n) is 3.79. The maximum atomic E-state index is 3.49. The molecule has 2 rings (SSSR count). The van der Waals surface area contributed by atoms with Crippen LogP contribution in [0.2, 0.25) is 0 Å². The molecule has 17 heavy (non-hydrogen) atoms. The van der Waals surface area contributed by atoms with E-state index in [0.717, 1.165) is 13.1 Å². The molecule has 0 heterocycles. The molecule has 0 saturated heterocycles. The third-order valence-corrected chi connectivity index (χ3v) is 4.65. The number of rotatable bonds is 4. The summed E-state index contributed by atoms with van der Waals surface area (Å²) in [6.07, 6.45) is 0. The summed E-state index contributed by atoms with van der Waals surface area (Å²) in [7, 11) is 0. The van der Waals surface area contributed by atoms with E-state index < -0.39 is 0 Å². The zero-order valence-electron chi connectivity index (χ0n) is 9.29. The Bertz CT molecular complexity index is 452. The van der Waals surface area contributed by atoms with Gasteiger partial charge in [0.2, 0.25) is 0 Å². The van der Waals surface area contributed by atoms with Gasteiger partial charge in [0.15, 0.2) is 0 Å². The molecule has 1 nitrogen and oxygen atoms in total. The minimum atomic E-state index is 0.921. The van der Waals surface area contributed by atoms with Crippen molar-refractivity contribution in [3.63, 3.8) is 0 Å². The highest BCUT2D eigenvalue weighted by Gasteiger charge is 2.00. The van der Waals surface area contributed by atoms with Gasteiger partial charge in [-0.15, -0.1) is 0 Å². The van der Waals surface area contributed by atoms with Crippen LogP contribution in [-0.4, -0.2) is 0 Å². The largest absolute Gasteiger partial charge is 0.309 e. The number of hydrogen-bond acceptors (Lipinski definition) is 1. The van der Waals surface area contributed by atoms with Crippen molar-refractivity contribution in [3.05, 3.63) is 66.8 Å². The smallest absolute Gasteiger partial charge is 0.0219 e. The van der Waals surface area contributed by atoms with Gasteiger partial charge in [-0.3, -0.25) is 0 Å². The molecule has 88 valence electrons. The van der Waals surface area contributed by atoms with Crippen molar-refractivity contribution in [1.82, 2.24) is 5.32 Å². The van der Waals surface area contributed by atoms with Crippen LogP contribution in [-0.2, 0) is 13.1 Å². The molecule has 0 aliphatic carbocycles. The summed E-state index contributed by atoms with van der Waals surface area (Å²) >= 11 is 4.76. The standard InChI is InChI=1S/C14H13I2N/c15-13-7-3-1-5-11(13)9-17-10-12-6-2-4-8-14(12)16/h1-8,17H,9-10H2. The average Bonchev–Trinajstić information content (AvgIpc) is 2.34. The maximum Gasteiger partial charge on any atom is 0.0219 e. The molecule has 0 atom stereocenters. The van der Waals surface area contributed by atoms with E-state index in [0.29, 0.717) is 0 Å². The van der Waals surface area contributed by atoms with Crippen LogP contribution in [0.5, 0.6) is 0 Å². The lowest BCUT2D eigenvalue weighted by atomic mass is 10.2. The summed E-state index contributed by atoms with van der Waals surface area (Å²) in [4.78, 5) is 0. The first-order valence-electron chi connectivity index (χ1n) is 5.45. The van der Waals surface area contributed by atoms with Crippen LogP contribution in [0.25, 0.3) is 0 Å². The lowest BCUT2D eigenvalue weighted by molar-refractivity contribution is 0.689. The topological polar surface area (TPSA) is 12.0 Å². The molecule has 0 aliphatic heterocycles. The molecule has 0 bridgehead atoms. The van der Waals surface area contributed by atoms with Crippen molar-refractivity contribution in [3.8, 4) is 0 Å². The first-order chi connectivity index (χ1) is 8.27. The minimum Gasteiger partial charge on any atom is -0.309 e. The summed E-state index contributed by atoms with van der Waals surface area (Å²) in [6, 6.07) is 17.0. The molecule has 0 spiro atoms. The number of hydrogen-bond donors (Lipinski definition) is 1. The van der Waals surface area contributed by atoms with Gasteiger partial charge in [-0.2, -0.15) is 0 Å². The zero-order chi connectivity index (χ0) is 12.1. The van der Waals surface area contributed by atoms with Gasteiger partial charge in [0.1, 0.15) is 0 Å². The molecule has 0 fully saturated rings. The number of benzene rings is 2. The van der Waals surface area contributed by atoms with Gasteiger partial charge in [0, 0.05) is 20.2 Å². The summed E-state index contributed by atoms with van der Waals surface area (Å²) in [5, 5.41) is 3.49. The quantitative estimate of drug-likeness (QED) is 0.691. The summed E-state index contributed by atoms with van der Waals surface area (Å²) < 4.78 is 2.64. The van der Waals surface area contributed by atoms with Crippen molar-refractivity contribution < 1.29 is 0 Å². The first-order valence-corrected chi connectivity index (χ1v) is 7.60. The van der Waals surface area contributed by atoms with Crippen LogP contribution in [0, 0.1) is 7.14 Å². The Balaban J connectivity index is 1.93. The molecule has 2 aromatic carbocycles. The lowest BCUT2D eigenvalue weighted by Crippen LogP contribution is -2.14. The number of nitrogens with one attached hydrogen (secondary N) is 1. The van der Waals surface area contributed by atoms with Crippen LogP contribution in [0.1, 0.15) is 11.1 Å². The van der Waals surface area contributed by atoms with E-state index in [-0.39, 0.29) is 0 Å². The summed E-state index contributed by atoms with van der Waals surface area (Å²) in [5.41, 5.74) is 2.72. The first kappa shape index (κ1) is 13.3. The Morgan fingerprint density at radius 2 is 1.12 bits per heavy atom. The predicted molar refractivity (Wildman–Crippen MR) is 88.9 cm³/mol. The molecule has 0 amide bonds. The van der Waals surface area contributed by atoms with Gasteiger partial charge in [-0.1, -0.05) is 36.4 Å². The highest BCUT2D eigenvalue weighted by atomic mass is 127. The molecule has 0 aromatic heterocycles. The normalized spacial score (nSPS) is 10.5. The summed E-state index contributed by atoms with van der Waals surface area (Å²) in [5.74, 6) is 0. The van der Waals surface area contributed by atoms with Crippen LogP contribution in [0.3, 0.4) is 0 Å². The van der Waals surface area contributed by atoms with Crippen LogP contribution in [0.4, 0.5) is 0 Å². The van der Waals surface area contributed by atoms with Crippen molar-refractivity contribution in [2.45, 2.75) is 13.1 Å². The average molecular weight is 449 g/mol. The Labute approximate surface area is 129 Å². The highest BCUT2D eigenvalue weighted by Crippen LogP contribution is 2.13. The minimum absolute atomic E-state index is 0.921. The van der Waals surface area contributed by atoms with Crippen LogP contribution < -0.4 is 5.32 Å². The fourth-order valence-corrected chi connectivity index (χ4v) is 2.77. The molecule has 3 heteroatoms. The van der Waals surface area contributed by atoms with E-state index in [1.807, 2.05) is 0 Å². The van der Waals surface area contributed by atoms with E-state index in [4.69, 9.17) is 0 Å². The lowest BCUT2D eigenvalue weighted by Gasteiger charge is -2.08. The predicted octanol–water partition coefficient (Wildman–Crippen LogP) is 4.19. The third kappa shape index (κ3) is 3.93. The molecule has 1 N–H and O–H groups in total. The Kier molecular flexibility index (Phi) is 5.24. The molecular formula is C14H13I2N. The second kappa shape index (κ2) is 6.70. The zero-order valence-corrected chi connectivity index (χ0v) is 13.6. The molecule has 0 aliphatic rings. The SMILES string of the molecule is Ic1ccccc1CNCc1ccccc1I. The molecule has 0 saturated carbocycles. The fraction of sp³-hybridized carbons (Fsp3) is 0.143. The van der Waals surface area contributed by atoms with Gasteiger partial charge in [0.25, 0.3) is 0 Å². The van der Waals surface area contributed by atoms with E-state index in [1.165, 1.54) is 18.3 Å². The van der Waals surface area contributed by atoms with E-state index in [1.54, 1.807) is 0 Å². The monoisotopic (exact) mass is 449 g/mol. The van der Waals surface area contributed by atoms with E-state index in [9.17, 15) is 0 Å². The molecule has 0 radical (unpaired) electrons. The second-order valence-corrected chi connectivity index (χ2v) is 6.11. The van der Waals surface area contributed by atoms with Gasteiger partial charge in [0.05, 0.1) is 0 Å². The number of halogens is 2. The fourth-order valence-electron chi connectivity index (χ4n) is 1.62. The molecular weight excluding hydrogens is 436 g/mol. The molecule has 0 unspecified atom stereocenters. The van der Waals surface area contributed by atoms with Gasteiger partial charge in [-0.05, 0) is 68.4 Å². The van der Waals surface area contributed by atoms with E-state index in [2.05, 4.69) is 99.0 Å². The van der Waals surface area contributed by atoms with Crippen LogP contribution >= 0.6 is 45.2 Å². The summed E-state index contributed by atoms with van der Waals surface area (Å²) in [6.45, 7) is 1.84. The van der Waals surface area contributed by atoms with Crippen molar-refractivity contribution >= 4 is 45.2 Å². The van der Waals surface area contributed by atoms with Crippen molar-refractivity contribution in [2.75, 3.05) is 0 Å². The molecule has 2 aromatic rings. The van der Waals surface area contributed by atoms with Crippen molar-refractivity contribution in [2.24, 2.45) is 0 Å². The Morgan fingerprint density at radius 3 is 1.53 bits per heavy atom. The van der Waals surface area contributed by atoms with Crippen molar-refractivity contribution in [1.29, 1.82) is 0 Å². The van der Waals surface area contributed by atoms with E-state index >= 15 is 0 Å². The highest BCUT2D eigenvalue weighted by molar-refractivity contribution is 14.1. The maximum absolute atomic E-state index is 3.49. The van der Waals surface area contributed by atoms with Gasteiger partial charge in [-0.25, -0.2) is 0 Å². The third-order valence-electron chi connectivity index (χ3n) is 2.55. The Hall–Kier alpha value is -0.140. The Morgan fingerprint density at radius 1 is 0.706 bits per heavy atom. The van der Waals surface area contributed by atoms with Crippen LogP contribution in [0.15, 0.2) is 48.5 Å². The van der Waals surface area contributed by atoms with Gasteiger partial charge >= 0.3 is 0 Å². The van der Waals surface area contributed by atoms with Gasteiger partial charge < -0.3 is 5.32 Å².